The van der Waals surface area contributed by atoms with E-state index in [9.17, 15) is 0 Å². The molecule has 102 valence electrons. The highest BCUT2D eigenvalue weighted by molar-refractivity contribution is 9.10. The molecule has 0 unspecified atom stereocenters. The second-order valence-electron chi connectivity index (χ2n) is 4.31. The minimum atomic E-state index is 0.584. The van der Waals surface area contributed by atoms with Crippen LogP contribution in [-0.2, 0) is 0 Å². The van der Waals surface area contributed by atoms with Crippen molar-refractivity contribution in [2.24, 2.45) is 0 Å². The summed E-state index contributed by atoms with van der Waals surface area (Å²) >= 11 is 17.5. The summed E-state index contributed by atoms with van der Waals surface area (Å²) in [5.41, 5.74) is 2.62. The zero-order valence-corrected chi connectivity index (χ0v) is 14.3. The number of halogens is 3. The molecular weight excluding hydrogens is 379 g/mol. The van der Waals surface area contributed by atoms with Gasteiger partial charge in [-0.25, -0.2) is 4.98 Å². The molecular formula is C14H9BrCl2N2S. The van der Waals surface area contributed by atoms with Gasteiger partial charge in [0, 0.05) is 4.47 Å². The number of nitrogens with zero attached hydrogens (tertiary/aromatic N) is 1. The van der Waals surface area contributed by atoms with E-state index in [1.165, 1.54) is 0 Å². The van der Waals surface area contributed by atoms with Gasteiger partial charge in [0.15, 0.2) is 5.13 Å². The van der Waals surface area contributed by atoms with E-state index < -0.39 is 0 Å². The van der Waals surface area contributed by atoms with E-state index in [4.69, 9.17) is 23.2 Å². The number of nitrogens with one attached hydrogen (secondary N) is 1. The minimum Gasteiger partial charge on any atom is -0.329 e. The zero-order valence-electron chi connectivity index (χ0n) is 10.4. The molecule has 0 saturated heterocycles. The maximum Gasteiger partial charge on any atom is 0.188 e. The van der Waals surface area contributed by atoms with Crippen molar-refractivity contribution >= 4 is 71.5 Å². The molecule has 0 aliphatic heterocycles. The standard InChI is InChI=1S/C14H9BrCl2N2S/c1-7-2-4-9(16)13(12(7)17)19-14-18-10-5-3-8(15)6-11(10)20-14/h2-6H,1H3,(H,18,19). The predicted molar refractivity (Wildman–Crippen MR) is 91.8 cm³/mol. The van der Waals surface area contributed by atoms with Crippen LogP contribution in [0.25, 0.3) is 10.2 Å². The predicted octanol–water partition coefficient (Wildman–Crippen LogP) is 6.42. The first-order chi connectivity index (χ1) is 9.54. The first kappa shape index (κ1) is 14.1. The molecule has 0 bridgehead atoms. The first-order valence-corrected chi connectivity index (χ1v) is 8.19. The SMILES string of the molecule is Cc1ccc(Cl)c(Nc2nc3ccc(Br)cc3s2)c1Cl. The summed E-state index contributed by atoms with van der Waals surface area (Å²) < 4.78 is 2.13. The zero-order chi connectivity index (χ0) is 14.3. The van der Waals surface area contributed by atoms with Crippen LogP contribution in [-0.4, -0.2) is 4.98 Å². The Morgan fingerprint density at radius 2 is 2.00 bits per heavy atom. The largest absolute Gasteiger partial charge is 0.329 e. The second-order valence-corrected chi connectivity index (χ2v) is 7.04. The number of rotatable bonds is 2. The highest BCUT2D eigenvalue weighted by Crippen LogP contribution is 2.37. The number of hydrogen-bond acceptors (Lipinski definition) is 3. The molecule has 0 atom stereocenters. The molecule has 1 heterocycles. The molecule has 1 N–H and O–H groups in total. The molecule has 0 radical (unpaired) electrons. The van der Waals surface area contributed by atoms with Gasteiger partial charge in [-0.15, -0.1) is 0 Å². The van der Waals surface area contributed by atoms with Crippen LogP contribution < -0.4 is 5.32 Å². The molecule has 0 aliphatic rings. The Balaban J connectivity index is 2.03. The number of fused-ring (bicyclic) bond motifs is 1. The summed E-state index contributed by atoms with van der Waals surface area (Å²) in [5.74, 6) is 0. The summed E-state index contributed by atoms with van der Waals surface area (Å²) in [4.78, 5) is 4.53. The Morgan fingerprint density at radius 1 is 1.20 bits per heavy atom. The van der Waals surface area contributed by atoms with Crippen molar-refractivity contribution < 1.29 is 0 Å². The van der Waals surface area contributed by atoms with Gasteiger partial charge in [0.25, 0.3) is 0 Å². The Morgan fingerprint density at radius 3 is 2.80 bits per heavy atom. The molecule has 0 spiro atoms. The van der Waals surface area contributed by atoms with Gasteiger partial charge in [0.2, 0.25) is 0 Å². The molecule has 3 rings (SSSR count). The molecule has 0 saturated carbocycles. The van der Waals surface area contributed by atoms with Crippen LogP contribution in [0, 0.1) is 6.92 Å². The van der Waals surface area contributed by atoms with Gasteiger partial charge in [-0.05, 0) is 36.8 Å². The molecule has 0 aliphatic carbocycles. The highest BCUT2D eigenvalue weighted by atomic mass is 79.9. The van der Waals surface area contributed by atoms with Crippen LogP contribution in [0.4, 0.5) is 10.8 Å². The van der Waals surface area contributed by atoms with E-state index in [2.05, 4.69) is 26.2 Å². The van der Waals surface area contributed by atoms with Crippen LogP contribution >= 0.6 is 50.5 Å². The van der Waals surface area contributed by atoms with Crippen molar-refractivity contribution in [1.82, 2.24) is 4.98 Å². The molecule has 2 aromatic carbocycles. The molecule has 20 heavy (non-hydrogen) atoms. The van der Waals surface area contributed by atoms with Crippen LogP contribution in [0.3, 0.4) is 0 Å². The average Bonchev–Trinajstić information content (AvgIpc) is 2.81. The summed E-state index contributed by atoms with van der Waals surface area (Å²) in [6.07, 6.45) is 0. The highest BCUT2D eigenvalue weighted by Gasteiger charge is 2.11. The van der Waals surface area contributed by atoms with Gasteiger partial charge in [-0.2, -0.15) is 0 Å². The number of benzene rings is 2. The Kier molecular flexibility index (Phi) is 3.91. The third-order valence-corrected chi connectivity index (χ3v) is 5.10. The Labute approximate surface area is 138 Å². The van der Waals surface area contributed by atoms with Crippen LogP contribution in [0.2, 0.25) is 10.0 Å². The van der Waals surface area contributed by atoms with E-state index in [0.717, 1.165) is 25.4 Å². The number of hydrogen-bond donors (Lipinski definition) is 1. The Bertz CT molecular complexity index is 801. The summed E-state index contributed by atoms with van der Waals surface area (Å²) in [5, 5.41) is 5.20. The van der Waals surface area contributed by atoms with Crippen LogP contribution in [0.15, 0.2) is 34.8 Å². The summed E-state index contributed by atoms with van der Waals surface area (Å²) in [6.45, 7) is 1.94. The van der Waals surface area contributed by atoms with Crippen LogP contribution in [0.1, 0.15) is 5.56 Å². The fourth-order valence-corrected chi connectivity index (χ4v) is 3.72. The quantitative estimate of drug-likeness (QED) is 0.548. The van der Waals surface area contributed by atoms with Gasteiger partial charge in [-0.3, -0.25) is 0 Å². The molecule has 6 heteroatoms. The lowest BCUT2D eigenvalue weighted by Gasteiger charge is -2.09. The maximum atomic E-state index is 6.29. The second kappa shape index (κ2) is 5.53. The number of aromatic nitrogens is 1. The van der Waals surface area contributed by atoms with Crippen molar-refractivity contribution in [2.45, 2.75) is 6.92 Å². The number of aryl methyl sites for hydroxylation is 1. The van der Waals surface area contributed by atoms with Crippen molar-refractivity contribution in [1.29, 1.82) is 0 Å². The normalized spacial score (nSPS) is 11.0. The molecule has 3 aromatic rings. The van der Waals surface area contributed by atoms with Gasteiger partial charge in [0.05, 0.1) is 25.9 Å². The average molecular weight is 388 g/mol. The first-order valence-electron chi connectivity index (χ1n) is 5.82. The third-order valence-electron chi connectivity index (χ3n) is 2.87. The van der Waals surface area contributed by atoms with Gasteiger partial charge in [0.1, 0.15) is 0 Å². The molecule has 0 fully saturated rings. The third kappa shape index (κ3) is 2.66. The molecule has 0 amide bonds. The number of anilines is 2. The van der Waals surface area contributed by atoms with Gasteiger partial charge >= 0.3 is 0 Å². The lowest BCUT2D eigenvalue weighted by molar-refractivity contribution is 1.41. The fourth-order valence-electron chi connectivity index (χ4n) is 1.83. The number of thiazole rings is 1. The summed E-state index contributed by atoms with van der Waals surface area (Å²) in [7, 11) is 0. The van der Waals surface area contributed by atoms with Crippen molar-refractivity contribution in [2.75, 3.05) is 5.32 Å². The fraction of sp³-hybridized carbons (Fsp3) is 0.0714. The van der Waals surface area contributed by atoms with Gasteiger partial charge < -0.3 is 5.32 Å². The van der Waals surface area contributed by atoms with E-state index in [1.54, 1.807) is 11.3 Å². The molecule has 2 nitrogen and oxygen atoms in total. The van der Waals surface area contributed by atoms with E-state index >= 15 is 0 Å². The monoisotopic (exact) mass is 386 g/mol. The minimum absolute atomic E-state index is 0.584. The maximum absolute atomic E-state index is 6.29. The Hall–Kier alpha value is -0.810. The smallest absolute Gasteiger partial charge is 0.188 e. The topological polar surface area (TPSA) is 24.9 Å². The van der Waals surface area contributed by atoms with Crippen molar-refractivity contribution in [3.63, 3.8) is 0 Å². The van der Waals surface area contributed by atoms with Crippen molar-refractivity contribution in [3.8, 4) is 0 Å². The van der Waals surface area contributed by atoms with Crippen molar-refractivity contribution in [3.05, 3.63) is 50.4 Å². The van der Waals surface area contributed by atoms with Crippen LogP contribution in [0.5, 0.6) is 0 Å². The lowest BCUT2D eigenvalue weighted by Crippen LogP contribution is -1.93. The molecule has 1 aromatic heterocycles. The lowest BCUT2D eigenvalue weighted by atomic mass is 10.2. The summed E-state index contributed by atoms with van der Waals surface area (Å²) in [6, 6.07) is 9.71. The van der Waals surface area contributed by atoms with E-state index in [0.29, 0.717) is 15.7 Å². The van der Waals surface area contributed by atoms with E-state index in [1.807, 2.05) is 37.3 Å². The van der Waals surface area contributed by atoms with E-state index in [-0.39, 0.29) is 0 Å². The van der Waals surface area contributed by atoms with Gasteiger partial charge in [-0.1, -0.05) is 56.5 Å².